The van der Waals surface area contributed by atoms with Gasteiger partial charge in [0.15, 0.2) is 0 Å². The third-order valence-corrected chi connectivity index (χ3v) is 4.45. The number of rotatable bonds is 1. The van der Waals surface area contributed by atoms with E-state index in [1.165, 1.54) is 24.0 Å². The van der Waals surface area contributed by atoms with Gasteiger partial charge in [0.05, 0.1) is 6.20 Å². The molecule has 0 bridgehead atoms. The van der Waals surface area contributed by atoms with Crippen molar-refractivity contribution in [3.8, 4) is 11.3 Å². The molecule has 0 radical (unpaired) electrons. The zero-order valence-corrected chi connectivity index (χ0v) is 12.5. The lowest BCUT2D eigenvalue weighted by atomic mass is 10.0. The molecular formula is C16H15ClN4. The second kappa shape index (κ2) is 4.46. The van der Waals surface area contributed by atoms with Gasteiger partial charge in [0.2, 0.25) is 0 Å². The Morgan fingerprint density at radius 1 is 1.24 bits per heavy atom. The van der Waals surface area contributed by atoms with Crippen LogP contribution in [0.4, 0.5) is 5.82 Å². The molecular weight excluding hydrogens is 284 g/mol. The molecule has 0 aliphatic heterocycles. The fourth-order valence-corrected chi connectivity index (χ4v) is 3.45. The Kier molecular flexibility index (Phi) is 2.69. The first-order valence-electron chi connectivity index (χ1n) is 7.06. The fourth-order valence-electron chi connectivity index (χ4n) is 3.19. The van der Waals surface area contributed by atoms with E-state index < -0.39 is 0 Å². The molecule has 1 aliphatic carbocycles. The summed E-state index contributed by atoms with van der Waals surface area (Å²) in [5.74, 6) is 1.27. The van der Waals surface area contributed by atoms with Crippen molar-refractivity contribution in [2.75, 3.05) is 5.73 Å². The molecule has 0 saturated heterocycles. The molecule has 0 amide bonds. The molecule has 0 saturated carbocycles. The third-order valence-electron chi connectivity index (χ3n) is 4.18. The van der Waals surface area contributed by atoms with Crippen LogP contribution in [0.5, 0.6) is 0 Å². The standard InChI is InChI=1S/C16H15ClN4/c1-9-20-14(15-16(18)19-8-13(17)21(9)15)12-6-5-10-3-2-4-11(10)7-12/h5-8H,2-4H2,1H3,(H2,18,19). The minimum Gasteiger partial charge on any atom is -0.382 e. The zero-order valence-electron chi connectivity index (χ0n) is 11.7. The van der Waals surface area contributed by atoms with Gasteiger partial charge in [0.25, 0.3) is 0 Å². The predicted molar refractivity (Wildman–Crippen MR) is 84.6 cm³/mol. The Labute approximate surface area is 127 Å². The van der Waals surface area contributed by atoms with E-state index in [-0.39, 0.29) is 0 Å². The first kappa shape index (κ1) is 12.7. The van der Waals surface area contributed by atoms with Gasteiger partial charge < -0.3 is 5.73 Å². The van der Waals surface area contributed by atoms with Crippen LogP contribution in [0.25, 0.3) is 16.8 Å². The van der Waals surface area contributed by atoms with Gasteiger partial charge in [-0.3, -0.25) is 4.40 Å². The van der Waals surface area contributed by atoms with E-state index >= 15 is 0 Å². The van der Waals surface area contributed by atoms with Crippen molar-refractivity contribution in [2.45, 2.75) is 26.2 Å². The average Bonchev–Trinajstić information content (AvgIpc) is 3.07. The van der Waals surface area contributed by atoms with Crippen molar-refractivity contribution in [2.24, 2.45) is 0 Å². The van der Waals surface area contributed by atoms with Crippen molar-refractivity contribution in [3.05, 3.63) is 46.5 Å². The minimum absolute atomic E-state index is 0.454. The summed E-state index contributed by atoms with van der Waals surface area (Å²) in [6.45, 7) is 1.93. The topological polar surface area (TPSA) is 56.2 Å². The summed E-state index contributed by atoms with van der Waals surface area (Å²) in [4.78, 5) is 8.83. The molecule has 2 N–H and O–H groups in total. The summed E-state index contributed by atoms with van der Waals surface area (Å²) in [7, 11) is 0. The molecule has 4 rings (SSSR count). The van der Waals surface area contributed by atoms with Gasteiger partial charge in [-0.05, 0) is 43.4 Å². The molecule has 106 valence electrons. The van der Waals surface area contributed by atoms with Crippen LogP contribution in [0.1, 0.15) is 23.4 Å². The number of hydrogen-bond donors (Lipinski definition) is 1. The molecule has 4 nitrogen and oxygen atoms in total. The number of benzene rings is 1. The lowest BCUT2D eigenvalue weighted by Gasteiger charge is -2.05. The Bertz CT molecular complexity index is 866. The average molecular weight is 299 g/mol. The summed E-state index contributed by atoms with van der Waals surface area (Å²) in [5, 5.41) is 0.525. The maximum atomic E-state index is 6.23. The van der Waals surface area contributed by atoms with E-state index in [0.717, 1.165) is 29.0 Å². The maximum absolute atomic E-state index is 6.23. The lowest BCUT2D eigenvalue weighted by Crippen LogP contribution is -1.98. The predicted octanol–water partition coefficient (Wildman–Crippen LogP) is 3.43. The second-order valence-electron chi connectivity index (χ2n) is 5.49. The summed E-state index contributed by atoms with van der Waals surface area (Å²) in [5.41, 5.74) is 11.6. The van der Waals surface area contributed by atoms with E-state index in [4.69, 9.17) is 17.3 Å². The van der Waals surface area contributed by atoms with Gasteiger partial charge in [0.1, 0.15) is 28.0 Å². The number of nitrogens with two attached hydrogens (primary N) is 1. The molecule has 3 aromatic rings. The van der Waals surface area contributed by atoms with Crippen LogP contribution in [0, 0.1) is 6.92 Å². The molecule has 0 unspecified atom stereocenters. The second-order valence-corrected chi connectivity index (χ2v) is 5.88. The number of halogens is 1. The highest BCUT2D eigenvalue weighted by molar-refractivity contribution is 6.29. The monoisotopic (exact) mass is 298 g/mol. The first-order valence-corrected chi connectivity index (χ1v) is 7.44. The van der Waals surface area contributed by atoms with Crippen LogP contribution < -0.4 is 5.73 Å². The molecule has 5 heteroatoms. The van der Waals surface area contributed by atoms with Crippen LogP contribution in [-0.2, 0) is 12.8 Å². The molecule has 0 atom stereocenters. The Balaban J connectivity index is 2.01. The maximum Gasteiger partial charge on any atom is 0.150 e. The number of aryl methyl sites for hydroxylation is 3. The fraction of sp³-hybridized carbons (Fsp3) is 0.250. The van der Waals surface area contributed by atoms with E-state index in [0.29, 0.717) is 11.0 Å². The van der Waals surface area contributed by atoms with Crippen molar-refractivity contribution < 1.29 is 0 Å². The number of hydrogen-bond acceptors (Lipinski definition) is 3. The van der Waals surface area contributed by atoms with Crippen molar-refractivity contribution in [1.29, 1.82) is 0 Å². The number of aromatic nitrogens is 3. The van der Waals surface area contributed by atoms with E-state index in [2.05, 4.69) is 28.2 Å². The van der Waals surface area contributed by atoms with Gasteiger partial charge >= 0.3 is 0 Å². The molecule has 0 spiro atoms. The number of nitrogens with zero attached hydrogens (tertiary/aromatic N) is 3. The third kappa shape index (κ3) is 1.83. The summed E-state index contributed by atoms with van der Waals surface area (Å²) >= 11 is 6.23. The van der Waals surface area contributed by atoms with E-state index in [9.17, 15) is 0 Å². The minimum atomic E-state index is 0.454. The molecule has 2 aromatic heterocycles. The van der Waals surface area contributed by atoms with Gasteiger partial charge in [0, 0.05) is 5.56 Å². The van der Waals surface area contributed by atoms with Crippen molar-refractivity contribution in [3.63, 3.8) is 0 Å². The van der Waals surface area contributed by atoms with Crippen LogP contribution in [0.15, 0.2) is 24.4 Å². The van der Waals surface area contributed by atoms with Gasteiger partial charge in [-0.2, -0.15) is 0 Å². The number of nitrogen functional groups attached to an aromatic ring is 1. The Hall–Kier alpha value is -2.07. The van der Waals surface area contributed by atoms with Gasteiger partial charge in [-0.1, -0.05) is 23.7 Å². The lowest BCUT2D eigenvalue weighted by molar-refractivity contribution is 0.912. The van der Waals surface area contributed by atoms with E-state index in [1.807, 2.05) is 11.3 Å². The van der Waals surface area contributed by atoms with E-state index in [1.54, 1.807) is 6.20 Å². The van der Waals surface area contributed by atoms with Gasteiger partial charge in [-0.25, -0.2) is 9.97 Å². The molecule has 0 fully saturated rings. The largest absolute Gasteiger partial charge is 0.382 e. The SMILES string of the molecule is Cc1nc(-c2ccc3c(c2)CCC3)c2c(N)ncc(Cl)n12. The molecule has 2 heterocycles. The quantitative estimate of drug-likeness (QED) is 0.749. The molecule has 1 aliphatic rings. The summed E-state index contributed by atoms with van der Waals surface area (Å²) in [6.07, 6.45) is 5.11. The summed E-state index contributed by atoms with van der Waals surface area (Å²) in [6, 6.07) is 6.54. The van der Waals surface area contributed by atoms with Crippen molar-refractivity contribution >= 4 is 22.9 Å². The number of anilines is 1. The zero-order chi connectivity index (χ0) is 14.6. The van der Waals surface area contributed by atoms with Crippen LogP contribution >= 0.6 is 11.6 Å². The van der Waals surface area contributed by atoms with Crippen LogP contribution in [0.3, 0.4) is 0 Å². The highest BCUT2D eigenvalue weighted by Crippen LogP contribution is 2.33. The normalized spacial score (nSPS) is 13.8. The smallest absolute Gasteiger partial charge is 0.150 e. The van der Waals surface area contributed by atoms with Crippen molar-refractivity contribution in [1.82, 2.24) is 14.4 Å². The summed E-state index contributed by atoms with van der Waals surface area (Å²) < 4.78 is 1.85. The molecule has 1 aromatic carbocycles. The highest BCUT2D eigenvalue weighted by Gasteiger charge is 2.18. The Morgan fingerprint density at radius 3 is 2.90 bits per heavy atom. The Morgan fingerprint density at radius 2 is 2.05 bits per heavy atom. The molecule has 21 heavy (non-hydrogen) atoms. The van der Waals surface area contributed by atoms with Crippen LogP contribution in [-0.4, -0.2) is 14.4 Å². The highest BCUT2D eigenvalue weighted by atomic mass is 35.5. The first-order chi connectivity index (χ1) is 10.1. The number of imidazole rings is 1. The van der Waals surface area contributed by atoms with Gasteiger partial charge in [-0.15, -0.1) is 0 Å². The number of fused-ring (bicyclic) bond motifs is 2. The van der Waals surface area contributed by atoms with Crippen LogP contribution in [0.2, 0.25) is 5.15 Å².